The molecule has 18 heavy (non-hydrogen) atoms. The Morgan fingerprint density at radius 3 is 2.94 bits per heavy atom. The topological polar surface area (TPSA) is 53.6 Å². The summed E-state index contributed by atoms with van der Waals surface area (Å²) in [6.45, 7) is 2.74. The Bertz CT molecular complexity index is 578. The van der Waals surface area contributed by atoms with Gasteiger partial charge in [-0.05, 0) is 30.5 Å². The smallest absolute Gasteiger partial charge is 0.102 e. The van der Waals surface area contributed by atoms with Crippen LogP contribution in [0.15, 0.2) is 30.6 Å². The molecule has 1 heterocycles. The van der Waals surface area contributed by atoms with Crippen molar-refractivity contribution in [2.75, 3.05) is 11.9 Å². The van der Waals surface area contributed by atoms with Gasteiger partial charge in [0.1, 0.15) is 6.07 Å². The lowest BCUT2D eigenvalue weighted by molar-refractivity contribution is 0.767. The van der Waals surface area contributed by atoms with Gasteiger partial charge in [0.15, 0.2) is 0 Å². The number of benzene rings is 1. The average molecular weight is 240 g/mol. The van der Waals surface area contributed by atoms with Crippen LogP contribution in [0.25, 0.3) is 0 Å². The molecule has 0 aliphatic carbocycles. The molecule has 0 aliphatic heterocycles. The zero-order valence-electron chi connectivity index (χ0n) is 10.6. The third-order valence-electron chi connectivity index (χ3n) is 2.87. The van der Waals surface area contributed by atoms with Gasteiger partial charge in [0.05, 0.1) is 17.4 Å². The van der Waals surface area contributed by atoms with E-state index in [4.69, 9.17) is 5.26 Å². The molecule has 1 N–H and O–H groups in total. The fourth-order valence-electron chi connectivity index (χ4n) is 1.91. The number of hydrogen-bond donors (Lipinski definition) is 1. The summed E-state index contributed by atoms with van der Waals surface area (Å²) in [7, 11) is 1.91. The Kier molecular flexibility index (Phi) is 3.63. The van der Waals surface area contributed by atoms with E-state index in [1.54, 1.807) is 4.68 Å². The lowest BCUT2D eigenvalue weighted by Gasteiger charge is -2.08. The van der Waals surface area contributed by atoms with E-state index in [1.165, 1.54) is 5.56 Å². The molecule has 0 bridgehead atoms. The summed E-state index contributed by atoms with van der Waals surface area (Å²) >= 11 is 0. The van der Waals surface area contributed by atoms with Crippen molar-refractivity contribution in [2.45, 2.75) is 13.3 Å². The maximum absolute atomic E-state index is 9.12. The van der Waals surface area contributed by atoms with Crippen LogP contribution in [0.3, 0.4) is 0 Å². The quantitative estimate of drug-likeness (QED) is 0.891. The fraction of sp³-hybridized carbons (Fsp3) is 0.286. The number of hydrogen-bond acceptors (Lipinski definition) is 3. The first-order valence-corrected chi connectivity index (χ1v) is 5.92. The summed E-state index contributed by atoms with van der Waals surface area (Å²) in [6, 6.07) is 8.09. The normalized spacial score (nSPS) is 10.1. The van der Waals surface area contributed by atoms with Crippen LogP contribution in [-0.2, 0) is 13.5 Å². The Morgan fingerprint density at radius 1 is 1.44 bits per heavy atom. The molecule has 0 saturated heterocycles. The van der Waals surface area contributed by atoms with Gasteiger partial charge in [-0.2, -0.15) is 10.4 Å². The molecule has 2 rings (SSSR count). The minimum absolute atomic E-state index is 0.726. The highest BCUT2D eigenvalue weighted by Gasteiger charge is 2.04. The van der Waals surface area contributed by atoms with Gasteiger partial charge in [-0.1, -0.05) is 12.1 Å². The largest absolute Gasteiger partial charge is 0.384 e. The third kappa shape index (κ3) is 2.69. The molecular formula is C14H16N4. The predicted octanol–water partition coefficient (Wildman–Crippen LogP) is 2.25. The van der Waals surface area contributed by atoms with Crippen molar-refractivity contribution >= 4 is 5.69 Å². The predicted molar refractivity (Wildman–Crippen MR) is 71.3 cm³/mol. The molecule has 0 fully saturated rings. The van der Waals surface area contributed by atoms with Gasteiger partial charge >= 0.3 is 0 Å². The molecule has 0 spiro atoms. The van der Waals surface area contributed by atoms with Gasteiger partial charge in [0.2, 0.25) is 0 Å². The summed E-state index contributed by atoms with van der Waals surface area (Å²) in [5.41, 5.74) is 3.82. The first-order chi connectivity index (χ1) is 8.70. The minimum Gasteiger partial charge on any atom is -0.384 e. The highest BCUT2D eigenvalue weighted by molar-refractivity contribution is 5.60. The lowest BCUT2D eigenvalue weighted by Crippen LogP contribution is -2.06. The van der Waals surface area contributed by atoms with Crippen molar-refractivity contribution in [2.24, 2.45) is 7.05 Å². The van der Waals surface area contributed by atoms with Gasteiger partial charge in [-0.25, -0.2) is 0 Å². The highest BCUT2D eigenvalue weighted by Crippen LogP contribution is 2.18. The molecule has 4 nitrogen and oxygen atoms in total. The van der Waals surface area contributed by atoms with Crippen molar-refractivity contribution in [1.82, 2.24) is 9.78 Å². The number of anilines is 1. The zero-order valence-corrected chi connectivity index (χ0v) is 10.6. The SMILES string of the molecule is Cc1cccc(NCCc2cnn(C)c2)c1C#N. The molecular weight excluding hydrogens is 224 g/mol. The average Bonchev–Trinajstić information content (AvgIpc) is 2.75. The second kappa shape index (κ2) is 5.37. The summed E-state index contributed by atoms with van der Waals surface area (Å²) in [5.74, 6) is 0. The highest BCUT2D eigenvalue weighted by atomic mass is 15.2. The van der Waals surface area contributed by atoms with E-state index >= 15 is 0 Å². The maximum atomic E-state index is 9.12. The van der Waals surface area contributed by atoms with Crippen molar-refractivity contribution in [3.8, 4) is 6.07 Å². The number of aryl methyl sites for hydroxylation is 2. The monoisotopic (exact) mass is 240 g/mol. The second-order valence-corrected chi connectivity index (χ2v) is 4.31. The van der Waals surface area contributed by atoms with E-state index in [9.17, 15) is 0 Å². The summed E-state index contributed by atoms with van der Waals surface area (Å²) in [5, 5.41) is 16.5. The number of nitrogens with zero attached hydrogens (tertiary/aromatic N) is 3. The third-order valence-corrected chi connectivity index (χ3v) is 2.87. The number of rotatable bonds is 4. The summed E-state index contributed by atoms with van der Waals surface area (Å²) in [4.78, 5) is 0. The Labute approximate surface area is 107 Å². The Morgan fingerprint density at radius 2 is 2.28 bits per heavy atom. The standard InChI is InChI=1S/C14H16N4/c1-11-4-3-5-14(13(11)8-15)16-7-6-12-9-17-18(2)10-12/h3-5,9-10,16H,6-7H2,1-2H3. The molecule has 0 amide bonds. The van der Waals surface area contributed by atoms with Crippen molar-refractivity contribution in [3.63, 3.8) is 0 Å². The van der Waals surface area contributed by atoms with Crippen LogP contribution in [0.1, 0.15) is 16.7 Å². The molecule has 0 unspecified atom stereocenters. The first-order valence-electron chi connectivity index (χ1n) is 5.92. The lowest BCUT2D eigenvalue weighted by atomic mass is 10.1. The number of nitriles is 1. The van der Waals surface area contributed by atoms with E-state index in [0.29, 0.717) is 0 Å². The van der Waals surface area contributed by atoms with Gasteiger partial charge in [-0.3, -0.25) is 4.68 Å². The molecule has 92 valence electrons. The van der Waals surface area contributed by atoms with E-state index in [2.05, 4.69) is 16.5 Å². The van der Waals surface area contributed by atoms with E-state index in [-0.39, 0.29) is 0 Å². The van der Waals surface area contributed by atoms with Gasteiger partial charge in [0.25, 0.3) is 0 Å². The van der Waals surface area contributed by atoms with E-state index in [1.807, 2.05) is 44.6 Å². The van der Waals surface area contributed by atoms with Crippen molar-refractivity contribution < 1.29 is 0 Å². The van der Waals surface area contributed by atoms with Crippen LogP contribution < -0.4 is 5.32 Å². The summed E-state index contributed by atoms with van der Waals surface area (Å²) < 4.78 is 1.79. The van der Waals surface area contributed by atoms with E-state index < -0.39 is 0 Å². The molecule has 0 aliphatic rings. The number of aromatic nitrogens is 2. The van der Waals surface area contributed by atoms with Gasteiger partial charge < -0.3 is 5.32 Å². The van der Waals surface area contributed by atoms with Gasteiger partial charge in [-0.15, -0.1) is 0 Å². The minimum atomic E-state index is 0.726. The molecule has 0 radical (unpaired) electrons. The first kappa shape index (κ1) is 12.2. The molecule has 1 aromatic carbocycles. The Hall–Kier alpha value is -2.28. The van der Waals surface area contributed by atoms with Crippen LogP contribution in [0.5, 0.6) is 0 Å². The van der Waals surface area contributed by atoms with Crippen LogP contribution in [0, 0.1) is 18.3 Å². The van der Waals surface area contributed by atoms with Crippen LogP contribution in [0.4, 0.5) is 5.69 Å². The van der Waals surface area contributed by atoms with Gasteiger partial charge in [0, 0.05) is 19.8 Å². The Balaban J connectivity index is 1.99. The zero-order chi connectivity index (χ0) is 13.0. The van der Waals surface area contributed by atoms with Crippen LogP contribution in [-0.4, -0.2) is 16.3 Å². The van der Waals surface area contributed by atoms with Crippen molar-refractivity contribution in [3.05, 3.63) is 47.3 Å². The number of nitrogens with one attached hydrogen (secondary N) is 1. The molecule has 0 saturated carbocycles. The van der Waals surface area contributed by atoms with Crippen LogP contribution in [0.2, 0.25) is 0 Å². The molecule has 4 heteroatoms. The summed E-state index contributed by atoms with van der Waals surface area (Å²) in [6.07, 6.45) is 4.76. The molecule has 1 aromatic heterocycles. The van der Waals surface area contributed by atoms with Crippen LogP contribution >= 0.6 is 0 Å². The second-order valence-electron chi connectivity index (χ2n) is 4.31. The fourth-order valence-corrected chi connectivity index (χ4v) is 1.91. The van der Waals surface area contributed by atoms with E-state index in [0.717, 1.165) is 29.8 Å². The van der Waals surface area contributed by atoms with Crippen molar-refractivity contribution in [1.29, 1.82) is 5.26 Å². The molecule has 2 aromatic rings. The molecule has 0 atom stereocenters. The maximum Gasteiger partial charge on any atom is 0.102 e.